The van der Waals surface area contributed by atoms with Crippen LogP contribution in [-0.2, 0) is 0 Å². The Labute approximate surface area is 128 Å². The van der Waals surface area contributed by atoms with Crippen LogP contribution in [0.4, 0.5) is 0 Å². The molecule has 0 fully saturated rings. The minimum atomic E-state index is -0.525. The van der Waals surface area contributed by atoms with Gasteiger partial charge in [-0.3, -0.25) is 14.5 Å². The lowest BCUT2D eigenvalue weighted by Crippen LogP contribution is -2.36. The maximum Gasteiger partial charge on any atom is 0.262 e. The second-order valence-corrected chi connectivity index (χ2v) is 5.76. The van der Waals surface area contributed by atoms with E-state index in [1.54, 1.807) is 24.3 Å². The van der Waals surface area contributed by atoms with Gasteiger partial charge in [0.2, 0.25) is 0 Å². The first-order valence-corrected chi connectivity index (χ1v) is 7.42. The van der Waals surface area contributed by atoms with E-state index in [-0.39, 0.29) is 17.9 Å². The van der Waals surface area contributed by atoms with Crippen molar-refractivity contribution < 1.29 is 14.7 Å². The number of amides is 2. The zero-order valence-corrected chi connectivity index (χ0v) is 11.9. The molecule has 2 aromatic rings. The summed E-state index contributed by atoms with van der Waals surface area (Å²) >= 11 is 0. The fourth-order valence-corrected chi connectivity index (χ4v) is 3.50. The number of hydrogen-bond donors (Lipinski definition) is 1. The number of imide groups is 1. The maximum absolute atomic E-state index is 12.6. The Bertz CT molecular complexity index is 748. The number of rotatable bonds is 1. The Morgan fingerprint density at radius 3 is 2.00 bits per heavy atom. The van der Waals surface area contributed by atoms with Crippen molar-refractivity contribution in [3.05, 3.63) is 70.8 Å². The molecule has 0 aromatic heterocycles. The molecule has 2 atom stereocenters. The molecule has 22 heavy (non-hydrogen) atoms. The van der Waals surface area contributed by atoms with Crippen LogP contribution >= 0.6 is 0 Å². The normalized spacial score (nSPS) is 23.4. The van der Waals surface area contributed by atoms with Gasteiger partial charge in [-0.1, -0.05) is 36.4 Å². The zero-order chi connectivity index (χ0) is 15.3. The summed E-state index contributed by atoms with van der Waals surface area (Å²) in [6, 6.07) is 14.1. The van der Waals surface area contributed by atoms with Crippen LogP contribution in [0.1, 0.15) is 56.8 Å². The van der Waals surface area contributed by atoms with Crippen molar-refractivity contribution in [2.75, 3.05) is 0 Å². The lowest BCUT2D eigenvalue weighted by atomic mass is 9.85. The van der Waals surface area contributed by atoms with Gasteiger partial charge in [-0.05, 0) is 36.1 Å². The molecule has 0 radical (unpaired) electrons. The molecular weight excluding hydrogens is 278 g/mol. The van der Waals surface area contributed by atoms with Crippen LogP contribution in [0.2, 0.25) is 0 Å². The third kappa shape index (κ3) is 1.74. The van der Waals surface area contributed by atoms with Crippen molar-refractivity contribution in [2.45, 2.75) is 25.0 Å². The van der Waals surface area contributed by atoms with Crippen LogP contribution in [0, 0.1) is 0 Å². The molecule has 4 nitrogen and oxygen atoms in total. The maximum atomic E-state index is 12.6. The molecule has 1 N–H and O–H groups in total. The molecule has 1 heterocycles. The van der Waals surface area contributed by atoms with Crippen molar-refractivity contribution in [3.8, 4) is 0 Å². The topological polar surface area (TPSA) is 57.6 Å². The number of hydrogen-bond acceptors (Lipinski definition) is 3. The number of carbonyl (C=O) groups is 2. The van der Waals surface area contributed by atoms with E-state index in [0.717, 1.165) is 11.1 Å². The predicted octanol–water partition coefficient (Wildman–Crippen LogP) is 2.85. The van der Waals surface area contributed by atoms with Gasteiger partial charge < -0.3 is 5.11 Å². The monoisotopic (exact) mass is 293 g/mol. The lowest BCUT2D eigenvalue weighted by molar-refractivity contribution is 0.0524. The Morgan fingerprint density at radius 1 is 0.818 bits per heavy atom. The highest BCUT2D eigenvalue weighted by Gasteiger charge is 2.42. The third-order valence-electron chi connectivity index (χ3n) is 4.56. The van der Waals surface area contributed by atoms with E-state index >= 15 is 0 Å². The molecule has 1 aliphatic carbocycles. The molecule has 0 unspecified atom stereocenters. The SMILES string of the molecule is O=C1c2ccccc2C(=O)N1[C@H]1CC[C@@H](O)c2ccccc21. The zero-order valence-electron chi connectivity index (χ0n) is 11.9. The Balaban J connectivity index is 1.80. The van der Waals surface area contributed by atoms with Gasteiger partial charge >= 0.3 is 0 Å². The van der Waals surface area contributed by atoms with Gasteiger partial charge in [-0.2, -0.15) is 0 Å². The van der Waals surface area contributed by atoms with E-state index in [0.29, 0.717) is 24.0 Å². The van der Waals surface area contributed by atoms with Gasteiger partial charge in [0.1, 0.15) is 0 Å². The van der Waals surface area contributed by atoms with E-state index in [9.17, 15) is 14.7 Å². The minimum absolute atomic E-state index is 0.239. The average Bonchev–Trinajstić information content (AvgIpc) is 2.81. The van der Waals surface area contributed by atoms with Gasteiger partial charge in [0, 0.05) is 0 Å². The summed E-state index contributed by atoms with van der Waals surface area (Å²) in [6.07, 6.45) is 0.612. The molecule has 0 spiro atoms. The largest absolute Gasteiger partial charge is 0.388 e. The molecule has 4 heteroatoms. The van der Waals surface area contributed by atoms with Crippen molar-refractivity contribution in [1.82, 2.24) is 4.90 Å². The van der Waals surface area contributed by atoms with E-state index in [4.69, 9.17) is 0 Å². The summed E-state index contributed by atoms with van der Waals surface area (Å²) in [4.78, 5) is 26.6. The first-order valence-electron chi connectivity index (χ1n) is 7.42. The second-order valence-electron chi connectivity index (χ2n) is 5.76. The van der Waals surface area contributed by atoms with Crippen LogP contribution in [0.15, 0.2) is 48.5 Å². The molecule has 4 rings (SSSR count). The number of aliphatic hydroxyl groups excluding tert-OH is 1. The highest BCUT2D eigenvalue weighted by Crippen LogP contribution is 2.42. The summed E-state index contributed by atoms with van der Waals surface area (Å²) in [5.41, 5.74) is 2.62. The summed E-state index contributed by atoms with van der Waals surface area (Å²) < 4.78 is 0. The number of aliphatic hydroxyl groups is 1. The van der Waals surface area contributed by atoms with E-state index in [1.165, 1.54) is 4.90 Å². The van der Waals surface area contributed by atoms with Crippen LogP contribution < -0.4 is 0 Å². The third-order valence-corrected chi connectivity index (χ3v) is 4.56. The minimum Gasteiger partial charge on any atom is -0.388 e. The van der Waals surface area contributed by atoms with Crippen LogP contribution in [0.3, 0.4) is 0 Å². The van der Waals surface area contributed by atoms with Gasteiger partial charge in [0.15, 0.2) is 0 Å². The molecule has 1 aliphatic heterocycles. The van der Waals surface area contributed by atoms with E-state index < -0.39 is 6.10 Å². The number of nitrogens with zero attached hydrogens (tertiary/aromatic N) is 1. The van der Waals surface area contributed by atoms with Crippen molar-refractivity contribution in [2.24, 2.45) is 0 Å². The standard InChI is InChI=1S/C18H15NO3/c20-16-10-9-15(11-5-1-2-6-12(11)16)19-17(21)13-7-3-4-8-14(13)18(19)22/h1-8,15-16,20H,9-10H2/t15-,16+/m0/s1. The van der Waals surface area contributed by atoms with Crippen LogP contribution in [-0.4, -0.2) is 21.8 Å². The quantitative estimate of drug-likeness (QED) is 0.823. The predicted molar refractivity (Wildman–Crippen MR) is 80.3 cm³/mol. The van der Waals surface area contributed by atoms with Crippen LogP contribution in [0.25, 0.3) is 0 Å². The Hall–Kier alpha value is -2.46. The van der Waals surface area contributed by atoms with Gasteiger partial charge in [0.25, 0.3) is 11.8 Å². The van der Waals surface area contributed by atoms with Crippen LogP contribution in [0.5, 0.6) is 0 Å². The van der Waals surface area contributed by atoms with Gasteiger partial charge in [0.05, 0.1) is 23.3 Å². The lowest BCUT2D eigenvalue weighted by Gasteiger charge is -2.33. The van der Waals surface area contributed by atoms with E-state index in [1.807, 2.05) is 24.3 Å². The highest BCUT2D eigenvalue weighted by atomic mass is 16.3. The summed E-state index contributed by atoms with van der Waals surface area (Å²) in [6.45, 7) is 0. The Kier molecular flexibility index (Phi) is 2.87. The fourth-order valence-electron chi connectivity index (χ4n) is 3.50. The van der Waals surface area contributed by atoms with Crippen molar-refractivity contribution in [3.63, 3.8) is 0 Å². The summed E-state index contributed by atoms with van der Waals surface area (Å²) in [5, 5.41) is 10.1. The first-order chi connectivity index (χ1) is 10.7. The molecule has 0 saturated heterocycles. The highest BCUT2D eigenvalue weighted by molar-refractivity contribution is 6.21. The van der Waals surface area contributed by atoms with Crippen molar-refractivity contribution in [1.29, 1.82) is 0 Å². The molecule has 2 aliphatic rings. The van der Waals surface area contributed by atoms with Crippen molar-refractivity contribution >= 4 is 11.8 Å². The van der Waals surface area contributed by atoms with Gasteiger partial charge in [-0.15, -0.1) is 0 Å². The summed E-state index contributed by atoms with van der Waals surface area (Å²) in [5.74, 6) is -0.478. The number of benzene rings is 2. The number of carbonyl (C=O) groups excluding carboxylic acids is 2. The Morgan fingerprint density at radius 2 is 1.36 bits per heavy atom. The summed E-state index contributed by atoms with van der Waals surface area (Å²) in [7, 11) is 0. The molecule has 0 saturated carbocycles. The molecule has 2 amide bonds. The second kappa shape index (κ2) is 4.78. The molecular formula is C18H15NO3. The number of fused-ring (bicyclic) bond motifs is 2. The average molecular weight is 293 g/mol. The smallest absolute Gasteiger partial charge is 0.262 e. The molecule has 110 valence electrons. The fraction of sp³-hybridized carbons (Fsp3) is 0.222. The van der Waals surface area contributed by atoms with E-state index in [2.05, 4.69) is 0 Å². The molecule has 2 aromatic carbocycles. The first kappa shape index (κ1) is 13.2. The van der Waals surface area contributed by atoms with Gasteiger partial charge in [-0.25, -0.2) is 0 Å². The molecule has 0 bridgehead atoms.